The molecule has 19 heavy (non-hydrogen) atoms. The number of anilines is 1. The van der Waals surface area contributed by atoms with Crippen LogP contribution in [-0.2, 0) is 14.8 Å². The number of rotatable bonds is 5. The van der Waals surface area contributed by atoms with Crippen molar-refractivity contribution in [1.82, 2.24) is 5.32 Å². The molecule has 0 aromatic heterocycles. The maximum atomic E-state index is 13.7. The van der Waals surface area contributed by atoms with Crippen LogP contribution in [0.5, 0.6) is 0 Å². The molecule has 1 unspecified atom stereocenters. The van der Waals surface area contributed by atoms with Crippen LogP contribution >= 0.6 is 0 Å². The van der Waals surface area contributed by atoms with E-state index in [-0.39, 0.29) is 5.69 Å². The van der Waals surface area contributed by atoms with Crippen molar-refractivity contribution in [2.45, 2.75) is 19.9 Å². The van der Waals surface area contributed by atoms with Crippen LogP contribution in [0.25, 0.3) is 0 Å². The quantitative estimate of drug-likeness (QED) is 0.883. The summed E-state index contributed by atoms with van der Waals surface area (Å²) < 4.78 is 38.2. The molecule has 0 bridgehead atoms. The van der Waals surface area contributed by atoms with Crippen molar-refractivity contribution >= 4 is 21.6 Å². The third-order valence-electron chi connectivity index (χ3n) is 2.53. The monoisotopic (exact) mass is 288 g/mol. The summed E-state index contributed by atoms with van der Waals surface area (Å²) in [6, 6.07) is 4.42. The topological polar surface area (TPSA) is 66.5 Å². The standard InChI is InChI=1S/C12H17FN2O3S/c1-4-14-12(16)9(2)15(19(3,17)18)11-8-6-5-7-10(11)13/h5-9H,4H2,1-3H3,(H,14,16). The highest BCUT2D eigenvalue weighted by atomic mass is 32.2. The van der Waals surface area contributed by atoms with Gasteiger partial charge in [0.2, 0.25) is 15.9 Å². The van der Waals surface area contributed by atoms with Gasteiger partial charge in [-0.1, -0.05) is 12.1 Å². The SMILES string of the molecule is CCNC(=O)C(C)N(c1ccccc1F)S(C)(=O)=O. The molecule has 0 saturated carbocycles. The van der Waals surface area contributed by atoms with Gasteiger partial charge in [0.15, 0.2) is 0 Å². The van der Waals surface area contributed by atoms with Crippen molar-refractivity contribution in [3.63, 3.8) is 0 Å². The number of hydrogen-bond acceptors (Lipinski definition) is 3. The molecule has 1 atom stereocenters. The van der Waals surface area contributed by atoms with Crippen molar-refractivity contribution in [1.29, 1.82) is 0 Å². The van der Waals surface area contributed by atoms with E-state index in [1.54, 1.807) is 6.92 Å². The van der Waals surface area contributed by atoms with Crippen molar-refractivity contribution in [2.75, 3.05) is 17.1 Å². The number of nitrogens with zero attached hydrogens (tertiary/aromatic N) is 1. The van der Waals surface area contributed by atoms with Gasteiger partial charge in [-0.05, 0) is 26.0 Å². The lowest BCUT2D eigenvalue weighted by molar-refractivity contribution is -0.121. The van der Waals surface area contributed by atoms with Crippen LogP contribution in [0.2, 0.25) is 0 Å². The number of sulfonamides is 1. The molecule has 1 rings (SSSR count). The Hall–Kier alpha value is -1.63. The van der Waals surface area contributed by atoms with Gasteiger partial charge in [-0.3, -0.25) is 9.10 Å². The molecule has 0 fully saturated rings. The zero-order valence-electron chi connectivity index (χ0n) is 11.1. The summed E-state index contributed by atoms with van der Waals surface area (Å²) in [5, 5.41) is 2.52. The average Bonchev–Trinajstić information content (AvgIpc) is 2.30. The fourth-order valence-electron chi connectivity index (χ4n) is 1.73. The molecule has 0 aliphatic carbocycles. The summed E-state index contributed by atoms with van der Waals surface area (Å²) in [7, 11) is -3.77. The second-order valence-electron chi connectivity index (χ2n) is 4.08. The van der Waals surface area contributed by atoms with Gasteiger partial charge in [0, 0.05) is 6.54 Å². The van der Waals surface area contributed by atoms with Gasteiger partial charge in [0.1, 0.15) is 11.9 Å². The second kappa shape index (κ2) is 6.01. The van der Waals surface area contributed by atoms with Crippen LogP contribution in [0.4, 0.5) is 10.1 Å². The van der Waals surface area contributed by atoms with E-state index in [2.05, 4.69) is 5.32 Å². The van der Waals surface area contributed by atoms with Crippen LogP contribution < -0.4 is 9.62 Å². The zero-order valence-corrected chi connectivity index (χ0v) is 11.9. The molecular weight excluding hydrogens is 271 g/mol. The van der Waals surface area contributed by atoms with E-state index < -0.39 is 27.8 Å². The highest BCUT2D eigenvalue weighted by Crippen LogP contribution is 2.23. The molecule has 7 heteroatoms. The van der Waals surface area contributed by atoms with Crippen molar-refractivity contribution in [3.05, 3.63) is 30.1 Å². The molecule has 1 aromatic carbocycles. The third kappa shape index (κ3) is 3.66. The van der Waals surface area contributed by atoms with Gasteiger partial charge < -0.3 is 5.32 Å². The van der Waals surface area contributed by atoms with E-state index in [4.69, 9.17) is 0 Å². The van der Waals surface area contributed by atoms with Gasteiger partial charge >= 0.3 is 0 Å². The molecule has 0 spiro atoms. The molecule has 0 aliphatic heterocycles. The van der Waals surface area contributed by atoms with E-state index in [9.17, 15) is 17.6 Å². The van der Waals surface area contributed by atoms with Crippen LogP contribution in [0.15, 0.2) is 24.3 Å². The third-order valence-corrected chi connectivity index (χ3v) is 3.76. The van der Waals surface area contributed by atoms with Crippen molar-refractivity contribution in [2.24, 2.45) is 0 Å². The number of nitrogens with one attached hydrogen (secondary N) is 1. The fourth-order valence-corrected chi connectivity index (χ4v) is 2.91. The Bertz CT molecular complexity index is 560. The first-order valence-corrected chi connectivity index (χ1v) is 7.65. The van der Waals surface area contributed by atoms with Gasteiger partial charge in [0.25, 0.3) is 0 Å². The van der Waals surface area contributed by atoms with E-state index in [1.807, 2.05) is 0 Å². The number of para-hydroxylation sites is 1. The molecule has 1 aromatic rings. The molecular formula is C12H17FN2O3S. The summed E-state index contributed by atoms with van der Waals surface area (Å²) in [5.74, 6) is -1.17. The van der Waals surface area contributed by atoms with E-state index in [0.717, 1.165) is 16.6 Å². The first-order valence-electron chi connectivity index (χ1n) is 5.80. The second-order valence-corrected chi connectivity index (χ2v) is 5.94. The van der Waals surface area contributed by atoms with Crippen LogP contribution in [0.1, 0.15) is 13.8 Å². The number of carbonyl (C=O) groups excluding carboxylic acids is 1. The Morgan fingerprint density at radius 1 is 1.42 bits per heavy atom. The van der Waals surface area contributed by atoms with E-state index in [1.165, 1.54) is 25.1 Å². The molecule has 0 heterocycles. The number of amides is 1. The first kappa shape index (κ1) is 15.4. The number of halogens is 1. The van der Waals surface area contributed by atoms with Gasteiger partial charge in [-0.2, -0.15) is 0 Å². The molecule has 1 amide bonds. The molecule has 0 radical (unpaired) electrons. The van der Waals surface area contributed by atoms with Gasteiger partial charge in [-0.15, -0.1) is 0 Å². The number of hydrogen-bond donors (Lipinski definition) is 1. The fraction of sp³-hybridized carbons (Fsp3) is 0.417. The minimum absolute atomic E-state index is 0.135. The molecule has 5 nitrogen and oxygen atoms in total. The molecule has 106 valence electrons. The molecule has 0 aliphatic rings. The van der Waals surface area contributed by atoms with E-state index in [0.29, 0.717) is 6.54 Å². The Morgan fingerprint density at radius 2 is 2.00 bits per heavy atom. The largest absolute Gasteiger partial charge is 0.355 e. The summed E-state index contributed by atoms with van der Waals surface area (Å²) >= 11 is 0. The maximum Gasteiger partial charge on any atom is 0.243 e. The summed E-state index contributed by atoms with van der Waals surface area (Å²) in [6.45, 7) is 3.51. The lowest BCUT2D eigenvalue weighted by atomic mass is 10.2. The zero-order chi connectivity index (χ0) is 14.6. The Morgan fingerprint density at radius 3 is 2.47 bits per heavy atom. The van der Waals surface area contributed by atoms with Crippen LogP contribution in [0.3, 0.4) is 0 Å². The normalized spacial score (nSPS) is 12.8. The Labute approximate surface area is 112 Å². The average molecular weight is 288 g/mol. The molecule has 1 N–H and O–H groups in total. The Balaban J connectivity index is 3.25. The minimum atomic E-state index is -3.77. The van der Waals surface area contributed by atoms with E-state index >= 15 is 0 Å². The lowest BCUT2D eigenvalue weighted by Crippen LogP contribution is -2.48. The number of likely N-dealkylation sites (N-methyl/N-ethyl adjacent to an activating group) is 1. The highest BCUT2D eigenvalue weighted by molar-refractivity contribution is 7.92. The molecule has 0 saturated heterocycles. The number of carbonyl (C=O) groups is 1. The van der Waals surface area contributed by atoms with Crippen LogP contribution in [0, 0.1) is 5.82 Å². The van der Waals surface area contributed by atoms with Crippen molar-refractivity contribution < 1.29 is 17.6 Å². The summed E-state index contributed by atoms with van der Waals surface area (Å²) in [4.78, 5) is 11.8. The maximum absolute atomic E-state index is 13.7. The predicted molar refractivity (Wildman–Crippen MR) is 71.9 cm³/mol. The van der Waals surface area contributed by atoms with Crippen molar-refractivity contribution in [3.8, 4) is 0 Å². The van der Waals surface area contributed by atoms with Gasteiger partial charge in [-0.25, -0.2) is 12.8 Å². The first-order chi connectivity index (χ1) is 8.79. The predicted octanol–water partition coefficient (Wildman–Crippen LogP) is 1.12. The lowest BCUT2D eigenvalue weighted by Gasteiger charge is -2.28. The highest BCUT2D eigenvalue weighted by Gasteiger charge is 2.30. The van der Waals surface area contributed by atoms with Crippen LogP contribution in [-0.4, -0.2) is 33.2 Å². The summed E-state index contributed by atoms with van der Waals surface area (Å²) in [5.41, 5.74) is -0.135. The summed E-state index contributed by atoms with van der Waals surface area (Å²) in [6.07, 6.45) is 0.940. The van der Waals surface area contributed by atoms with Gasteiger partial charge in [0.05, 0.1) is 11.9 Å². The Kier molecular flexibility index (Phi) is 4.88. The number of benzene rings is 1. The minimum Gasteiger partial charge on any atom is -0.355 e. The smallest absolute Gasteiger partial charge is 0.243 e.